The zero-order valence-corrected chi connectivity index (χ0v) is 12.2. The molecule has 1 aliphatic rings. The lowest BCUT2D eigenvalue weighted by Gasteiger charge is -2.20. The molecule has 104 valence electrons. The second-order valence-electron chi connectivity index (χ2n) is 5.09. The van der Waals surface area contributed by atoms with Gasteiger partial charge < -0.3 is 4.90 Å². The Bertz CT molecular complexity index is 821. The second kappa shape index (κ2) is 5.23. The highest BCUT2D eigenvalue weighted by molar-refractivity contribution is 6.15. The Labute approximate surface area is 129 Å². The minimum atomic E-state index is 0. The van der Waals surface area contributed by atoms with E-state index in [1.165, 1.54) is 16.3 Å². The first kappa shape index (κ1) is 13.7. The van der Waals surface area contributed by atoms with Crippen molar-refractivity contribution in [2.24, 2.45) is 0 Å². The molecule has 3 aromatic rings. The Morgan fingerprint density at radius 3 is 2.38 bits per heavy atom. The van der Waals surface area contributed by atoms with E-state index in [0.717, 1.165) is 17.8 Å². The van der Waals surface area contributed by atoms with E-state index < -0.39 is 0 Å². The first-order valence-corrected chi connectivity index (χ1v) is 6.77. The Balaban J connectivity index is 0.00000132. The number of anilines is 1. The number of amidine groups is 1. The standard InChI is InChI=1S/C18H14N2.ClH/c19-18-16-10-4-2-7-14(16)12-20(18)17-11-5-8-13-6-1-3-9-15(13)17;/h1-11,19H,12H2;1H. The van der Waals surface area contributed by atoms with Crippen molar-refractivity contribution in [1.29, 1.82) is 5.41 Å². The normalized spacial score (nSPS) is 13.1. The minimum Gasteiger partial charge on any atom is -0.321 e. The number of nitrogens with one attached hydrogen (secondary N) is 1. The maximum absolute atomic E-state index is 8.43. The van der Waals surface area contributed by atoms with Crippen molar-refractivity contribution >= 4 is 34.7 Å². The quantitative estimate of drug-likeness (QED) is 0.697. The van der Waals surface area contributed by atoms with E-state index in [4.69, 9.17) is 5.41 Å². The van der Waals surface area contributed by atoms with Gasteiger partial charge in [0.25, 0.3) is 0 Å². The molecular formula is C18H15ClN2. The molecule has 1 heterocycles. The summed E-state index contributed by atoms with van der Waals surface area (Å²) in [5, 5.41) is 10.8. The van der Waals surface area contributed by atoms with Crippen molar-refractivity contribution in [3.8, 4) is 0 Å². The Morgan fingerprint density at radius 2 is 1.52 bits per heavy atom. The zero-order valence-electron chi connectivity index (χ0n) is 11.4. The van der Waals surface area contributed by atoms with Gasteiger partial charge in [0.1, 0.15) is 5.84 Å². The van der Waals surface area contributed by atoms with Gasteiger partial charge in [-0.15, -0.1) is 12.4 Å². The van der Waals surface area contributed by atoms with Gasteiger partial charge in [0.15, 0.2) is 0 Å². The molecular weight excluding hydrogens is 280 g/mol. The molecule has 0 spiro atoms. The third-order valence-corrected chi connectivity index (χ3v) is 3.93. The van der Waals surface area contributed by atoms with E-state index in [9.17, 15) is 0 Å². The fourth-order valence-electron chi connectivity index (χ4n) is 2.93. The molecule has 21 heavy (non-hydrogen) atoms. The summed E-state index contributed by atoms with van der Waals surface area (Å²) in [6, 6.07) is 22.8. The van der Waals surface area contributed by atoms with Crippen molar-refractivity contribution < 1.29 is 0 Å². The molecule has 0 saturated heterocycles. The monoisotopic (exact) mass is 294 g/mol. The average molecular weight is 295 g/mol. The van der Waals surface area contributed by atoms with Crippen LogP contribution in [0.3, 0.4) is 0 Å². The first-order valence-electron chi connectivity index (χ1n) is 6.77. The summed E-state index contributed by atoms with van der Waals surface area (Å²) in [6.07, 6.45) is 0. The maximum atomic E-state index is 8.43. The van der Waals surface area contributed by atoms with Crippen LogP contribution < -0.4 is 4.90 Å². The summed E-state index contributed by atoms with van der Waals surface area (Å²) >= 11 is 0. The van der Waals surface area contributed by atoms with Crippen LogP contribution in [-0.2, 0) is 6.54 Å². The highest BCUT2D eigenvalue weighted by Gasteiger charge is 2.25. The van der Waals surface area contributed by atoms with Gasteiger partial charge in [-0.1, -0.05) is 60.7 Å². The van der Waals surface area contributed by atoms with Crippen molar-refractivity contribution in [1.82, 2.24) is 0 Å². The molecule has 0 saturated carbocycles. The van der Waals surface area contributed by atoms with E-state index in [-0.39, 0.29) is 12.4 Å². The topological polar surface area (TPSA) is 27.1 Å². The molecule has 2 nitrogen and oxygen atoms in total. The highest BCUT2D eigenvalue weighted by Crippen LogP contribution is 2.33. The van der Waals surface area contributed by atoms with Gasteiger partial charge in [-0.2, -0.15) is 0 Å². The van der Waals surface area contributed by atoms with Gasteiger partial charge in [-0.3, -0.25) is 5.41 Å². The van der Waals surface area contributed by atoms with E-state index in [1.807, 2.05) is 18.2 Å². The minimum absolute atomic E-state index is 0. The summed E-state index contributed by atoms with van der Waals surface area (Å²) in [5.41, 5.74) is 3.38. The summed E-state index contributed by atoms with van der Waals surface area (Å²) in [7, 11) is 0. The van der Waals surface area contributed by atoms with Gasteiger partial charge in [-0.05, 0) is 17.0 Å². The molecule has 0 aliphatic carbocycles. The number of fused-ring (bicyclic) bond motifs is 2. The summed E-state index contributed by atoms with van der Waals surface area (Å²) in [5.74, 6) is 0.594. The second-order valence-corrected chi connectivity index (χ2v) is 5.09. The summed E-state index contributed by atoms with van der Waals surface area (Å²) in [6.45, 7) is 0.781. The van der Waals surface area contributed by atoms with Gasteiger partial charge >= 0.3 is 0 Å². The maximum Gasteiger partial charge on any atom is 0.133 e. The SMILES string of the molecule is Cl.N=C1c2ccccc2CN1c1cccc2ccccc12. The van der Waals surface area contributed by atoms with Gasteiger partial charge in [-0.25, -0.2) is 0 Å². The number of halogens is 1. The van der Waals surface area contributed by atoms with Crippen LogP contribution in [0, 0.1) is 5.41 Å². The van der Waals surface area contributed by atoms with Gasteiger partial charge in [0.2, 0.25) is 0 Å². The van der Waals surface area contributed by atoms with Crippen LogP contribution in [0.15, 0.2) is 66.7 Å². The predicted octanol–water partition coefficient (Wildman–Crippen LogP) is 4.61. The van der Waals surface area contributed by atoms with Crippen molar-refractivity contribution in [3.05, 3.63) is 77.9 Å². The Kier molecular flexibility index (Phi) is 3.40. The van der Waals surface area contributed by atoms with Crippen LogP contribution in [0.25, 0.3) is 10.8 Å². The molecule has 3 heteroatoms. The number of nitrogens with zero attached hydrogens (tertiary/aromatic N) is 1. The molecule has 0 atom stereocenters. The van der Waals surface area contributed by atoms with Crippen molar-refractivity contribution in [3.63, 3.8) is 0 Å². The average Bonchev–Trinajstić information content (AvgIpc) is 2.84. The van der Waals surface area contributed by atoms with E-state index in [2.05, 4.69) is 53.4 Å². The lowest BCUT2D eigenvalue weighted by molar-refractivity contribution is 1.05. The third kappa shape index (κ3) is 2.08. The van der Waals surface area contributed by atoms with E-state index in [1.54, 1.807) is 0 Å². The Hall–Kier alpha value is -2.32. The molecule has 0 unspecified atom stereocenters. The number of benzene rings is 3. The molecule has 0 bridgehead atoms. The highest BCUT2D eigenvalue weighted by atomic mass is 35.5. The van der Waals surface area contributed by atoms with Crippen molar-refractivity contribution in [2.45, 2.75) is 6.54 Å². The molecule has 4 rings (SSSR count). The predicted molar refractivity (Wildman–Crippen MR) is 90.6 cm³/mol. The Morgan fingerprint density at radius 1 is 0.810 bits per heavy atom. The molecule has 0 amide bonds. The fourth-order valence-corrected chi connectivity index (χ4v) is 2.93. The lowest BCUT2D eigenvalue weighted by atomic mass is 10.1. The van der Waals surface area contributed by atoms with E-state index >= 15 is 0 Å². The van der Waals surface area contributed by atoms with Crippen molar-refractivity contribution in [2.75, 3.05) is 4.90 Å². The lowest BCUT2D eigenvalue weighted by Crippen LogP contribution is -2.23. The summed E-state index contributed by atoms with van der Waals surface area (Å²) in [4.78, 5) is 2.09. The third-order valence-electron chi connectivity index (χ3n) is 3.93. The zero-order chi connectivity index (χ0) is 13.5. The number of hydrogen-bond acceptors (Lipinski definition) is 1. The van der Waals surface area contributed by atoms with E-state index in [0.29, 0.717) is 5.84 Å². The molecule has 3 aromatic carbocycles. The molecule has 0 radical (unpaired) electrons. The molecule has 0 fully saturated rings. The van der Waals surface area contributed by atoms with Crippen LogP contribution in [0.1, 0.15) is 11.1 Å². The molecule has 0 aromatic heterocycles. The summed E-state index contributed by atoms with van der Waals surface area (Å²) < 4.78 is 0. The van der Waals surface area contributed by atoms with Crippen LogP contribution in [0.4, 0.5) is 5.69 Å². The molecule has 1 aliphatic heterocycles. The first-order chi connectivity index (χ1) is 9.84. The van der Waals surface area contributed by atoms with Gasteiger partial charge in [0.05, 0.1) is 12.2 Å². The fraction of sp³-hybridized carbons (Fsp3) is 0.0556. The smallest absolute Gasteiger partial charge is 0.133 e. The largest absolute Gasteiger partial charge is 0.321 e. The van der Waals surface area contributed by atoms with Gasteiger partial charge in [0, 0.05) is 10.9 Å². The number of rotatable bonds is 1. The van der Waals surface area contributed by atoms with Crippen LogP contribution in [-0.4, -0.2) is 5.84 Å². The number of hydrogen-bond donors (Lipinski definition) is 1. The molecule has 1 N–H and O–H groups in total. The van der Waals surface area contributed by atoms with Crippen LogP contribution in [0.5, 0.6) is 0 Å². The van der Waals surface area contributed by atoms with Crippen LogP contribution in [0.2, 0.25) is 0 Å². The van der Waals surface area contributed by atoms with Crippen LogP contribution >= 0.6 is 12.4 Å².